The van der Waals surface area contributed by atoms with Gasteiger partial charge in [-0.15, -0.1) is 11.8 Å². The monoisotopic (exact) mass is 255 g/mol. The first kappa shape index (κ1) is 12.4. The smallest absolute Gasteiger partial charge is 0.233 e. The normalized spacial score (nSPS) is 21.9. The Morgan fingerprint density at radius 2 is 2.18 bits per heavy atom. The van der Waals surface area contributed by atoms with Gasteiger partial charge >= 0.3 is 0 Å². The summed E-state index contributed by atoms with van der Waals surface area (Å²) in [6.45, 7) is 1.96. The van der Waals surface area contributed by atoms with E-state index in [0.717, 1.165) is 5.56 Å². The van der Waals surface area contributed by atoms with Crippen molar-refractivity contribution in [2.24, 2.45) is 0 Å². The van der Waals surface area contributed by atoms with Crippen LogP contribution in [0.4, 0.5) is 4.39 Å². The van der Waals surface area contributed by atoms with Crippen LogP contribution in [0.1, 0.15) is 17.9 Å². The van der Waals surface area contributed by atoms with Gasteiger partial charge in [-0.2, -0.15) is 0 Å². The number of amides is 1. The summed E-state index contributed by atoms with van der Waals surface area (Å²) >= 11 is 1.50. The molecular formula is C12H14FNO2S. The summed E-state index contributed by atoms with van der Waals surface area (Å²) in [5, 5.41) is 9.26. The predicted molar refractivity (Wildman–Crippen MR) is 65.0 cm³/mol. The standard InChI is InChI=1S/C12H14FNO2S/c1-8(15)6-14-11(16)7-17-12(14)9-2-4-10(13)5-3-9/h2-5,8,12,15H,6-7H2,1H3/t8-,12+/m1/s1. The second-order valence-electron chi connectivity index (χ2n) is 4.11. The highest BCUT2D eigenvalue weighted by Gasteiger charge is 2.33. The number of halogens is 1. The molecule has 1 aromatic carbocycles. The maximum atomic E-state index is 12.8. The quantitative estimate of drug-likeness (QED) is 0.895. The molecule has 1 aromatic rings. The van der Waals surface area contributed by atoms with Crippen molar-refractivity contribution in [1.29, 1.82) is 0 Å². The lowest BCUT2D eigenvalue weighted by Gasteiger charge is -2.25. The minimum Gasteiger partial charge on any atom is -0.392 e. The van der Waals surface area contributed by atoms with Gasteiger partial charge in [0.2, 0.25) is 5.91 Å². The lowest BCUT2D eigenvalue weighted by molar-refractivity contribution is -0.129. The molecule has 1 aliphatic heterocycles. The minimum absolute atomic E-state index is 0.0187. The van der Waals surface area contributed by atoms with Gasteiger partial charge in [-0.25, -0.2) is 4.39 Å². The number of aliphatic hydroxyl groups excluding tert-OH is 1. The van der Waals surface area contributed by atoms with Crippen LogP contribution < -0.4 is 0 Å². The fourth-order valence-corrected chi connectivity index (χ4v) is 3.04. The summed E-state index contributed by atoms with van der Waals surface area (Å²) in [6, 6.07) is 6.14. The van der Waals surface area contributed by atoms with E-state index >= 15 is 0 Å². The van der Waals surface area contributed by atoms with Gasteiger partial charge in [-0.1, -0.05) is 12.1 Å². The van der Waals surface area contributed by atoms with E-state index in [1.54, 1.807) is 24.0 Å². The molecule has 92 valence electrons. The molecule has 17 heavy (non-hydrogen) atoms. The summed E-state index contributed by atoms with van der Waals surface area (Å²) in [5.41, 5.74) is 0.892. The van der Waals surface area contributed by atoms with Crippen molar-refractivity contribution in [3.05, 3.63) is 35.6 Å². The molecule has 1 amide bonds. The lowest BCUT2D eigenvalue weighted by Crippen LogP contribution is -2.34. The topological polar surface area (TPSA) is 40.5 Å². The van der Waals surface area contributed by atoms with Gasteiger partial charge < -0.3 is 10.0 Å². The zero-order chi connectivity index (χ0) is 12.4. The number of hydrogen-bond donors (Lipinski definition) is 1. The Balaban J connectivity index is 2.19. The van der Waals surface area contributed by atoms with E-state index in [1.165, 1.54) is 23.9 Å². The number of hydrogen-bond acceptors (Lipinski definition) is 3. The molecule has 1 aliphatic rings. The molecule has 0 unspecified atom stereocenters. The number of β-amino-alcohol motifs (C(OH)–C–C–N with tert-alkyl or cyclic N) is 1. The molecule has 1 saturated heterocycles. The third-order valence-corrected chi connectivity index (χ3v) is 3.84. The van der Waals surface area contributed by atoms with Crippen LogP contribution in [0.25, 0.3) is 0 Å². The number of rotatable bonds is 3. The molecule has 1 N–H and O–H groups in total. The van der Waals surface area contributed by atoms with E-state index in [9.17, 15) is 14.3 Å². The van der Waals surface area contributed by atoms with Crippen LogP contribution in [0.3, 0.4) is 0 Å². The minimum atomic E-state index is -0.555. The van der Waals surface area contributed by atoms with Gasteiger partial charge in [-0.05, 0) is 24.6 Å². The van der Waals surface area contributed by atoms with E-state index in [0.29, 0.717) is 12.3 Å². The third-order valence-electron chi connectivity index (χ3n) is 2.58. The van der Waals surface area contributed by atoms with Gasteiger partial charge in [0.15, 0.2) is 0 Å². The van der Waals surface area contributed by atoms with E-state index in [2.05, 4.69) is 0 Å². The molecule has 5 heteroatoms. The third kappa shape index (κ3) is 2.79. The molecule has 2 atom stereocenters. The average Bonchev–Trinajstić information content (AvgIpc) is 2.61. The van der Waals surface area contributed by atoms with Gasteiger partial charge in [0.25, 0.3) is 0 Å². The van der Waals surface area contributed by atoms with Crippen molar-refractivity contribution in [2.75, 3.05) is 12.3 Å². The Labute approximate surface area is 104 Å². The van der Waals surface area contributed by atoms with Crippen molar-refractivity contribution in [1.82, 2.24) is 4.90 Å². The molecule has 3 nitrogen and oxygen atoms in total. The lowest BCUT2D eigenvalue weighted by atomic mass is 10.2. The molecule has 1 heterocycles. The first-order valence-corrected chi connectivity index (χ1v) is 6.47. The van der Waals surface area contributed by atoms with Crippen molar-refractivity contribution < 1.29 is 14.3 Å². The first-order valence-electron chi connectivity index (χ1n) is 5.42. The highest BCUT2D eigenvalue weighted by atomic mass is 32.2. The number of aliphatic hydroxyl groups is 1. The molecule has 0 aromatic heterocycles. The summed E-state index contributed by atoms with van der Waals surface area (Å²) in [4.78, 5) is 13.3. The van der Waals surface area contributed by atoms with Crippen LogP contribution in [0, 0.1) is 5.82 Å². The van der Waals surface area contributed by atoms with E-state index in [1.807, 2.05) is 0 Å². The second kappa shape index (κ2) is 5.06. The first-order chi connectivity index (χ1) is 8.08. The van der Waals surface area contributed by atoms with Crippen molar-refractivity contribution in [3.8, 4) is 0 Å². The number of carbonyl (C=O) groups is 1. The Kier molecular flexibility index (Phi) is 3.69. The molecule has 0 spiro atoms. The van der Waals surface area contributed by atoms with E-state index in [-0.39, 0.29) is 17.1 Å². The van der Waals surface area contributed by atoms with Crippen LogP contribution in [0.2, 0.25) is 0 Å². The average molecular weight is 255 g/mol. The number of carbonyl (C=O) groups excluding carboxylic acids is 1. The SMILES string of the molecule is C[C@@H](O)CN1C(=O)CS[C@H]1c1ccc(F)cc1. The Morgan fingerprint density at radius 3 is 2.76 bits per heavy atom. The van der Waals surface area contributed by atoms with Crippen LogP contribution in [0.15, 0.2) is 24.3 Å². The maximum absolute atomic E-state index is 12.8. The van der Waals surface area contributed by atoms with Crippen LogP contribution in [0.5, 0.6) is 0 Å². The van der Waals surface area contributed by atoms with Gasteiger partial charge in [0, 0.05) is 6.54 Å². The van der Waals surface area contributed by atoms with Crippen LogP contribution >= 0.6 is 11.8 Å². The number of benzene rings is 1. The summed E-state index contributed by atoms with van der Waals surface area (Å²) < 4.78 is 12.8. The van der Waals surface area contributed by atoms with E-state index in [4.69, 9.17) is 0 Å². The zero-order valence-corrected chi connectivity index (χ0v) is 10.3. The highest BCUT2D eigenvalue weighted by molar-refractivity contribution is 8.00. The number of thioether (sulfide) groups is 1. The Hall–Kier alpha value is -1.07. The Bertz CT molecular complexity index is 407. The largest absolute Gasteiger partial charge is 0.392 e. The fourth-order valence-electron chi connectivity index (χ4n) is 1.84. The molecule has 0 radical (unpaired) electrons. The van der Waals surface area contributed by atoms with Gasteiger partial charge in [-0.3, -0.25) is 4.79 Å². The Morgan fingerprint density at radius 1 is 1.53 bits per heavy atom. The van der Waals surface area contributed by atoms with Crippen molar-refractivity contribution in [3.63, 3.8) is 0 Å². The van der Waals surface area contributed by atoms with Crippen molar-refractivity contribution in [2.45, 2.75) is 18.4 Å². The second-order valence-corrected chi connectivity index (χ2v) is 5.18. The zero-order valence-electron chi connectivity index (χ0n) is 9.47. The van der Waals surface area contributed by atoms with Crippen LogP contribution in [-0.4, -0.2) is 34.3 Å². The predicted octanol–water partition coefficient (Wildman–Crippen LogP) is 1.78. The fraction of sp³-hybridized carbons (Fsp3) is 0.417. The molecule has 0 aliphatic carbocycles. The summed E-state index contributed by atoms with van der Waals surface area (Å²) in [6.07, 6.45) is -0.555. The molecule has 0 bridgehead atoms. The maximum Gasteiger partial charge on any atom is 0.233 e. The molecule has 2 rings (SSSR count). The van der Waals surface area contributed by atoms with E-state index < -0.39 is 6.10 Å². The van der Waals surface area contributed by atoms with Gasteiger partial charge in [0.05, 0.1) is 11.9 Å². The number of nitrogens with zero attached hydrogens (tertiary/aromatic N) is 1. The van der Waals surface area contributed by atoms with Crippen LogP contribution in [-0.2, 0) is 4.79 Å². The van der Waals surface area contributed by atoms with Gasteiger partial charge in [0.1, 0.15) is 11.2 Å². The summed E-state index contributed by atoms with van der Waals surface area (Å²) in [7, 11) is 0. The molecule has 0 saturated carbocycles. The molecule has 1 fully saturated rings. The highest BCUT2D eigenvalue weighted by Crippen LogP contribution is 2.38. The van der Waals surface area contributed by atoms with Crippen molar-refractivity contribution >= 4 is 17.7 Å². The summed E-state index contributed by atoms with van der Waals surface area (Å²) in [5.74, 6) is 0.143. The molecular weight excluding hydrogens is 241 g/mol.